The Morgan fingerprint density at radius 3 is 2.54 bits per heavy atom. The van der Waals surface area contributed by atoms with Gasteiger partial charge >= 0.3 is 0 Å². The van der Waals surface area contributed by atoms with Crippen LogP contribution in [0.4, 0.5) is 0 Å². The van der Waals surface area contributed by atoms with Gasteiger partial charge in [-0.05, 0) is 36.7 Å². The second-order valence-corrected chi connectivity index (χ2v) is 8.17. The Kier molecular flexibility index (Phi) is 5.26. The highest BCUT2D eigenvalue weighted by molar-refractivity contribution is 5.78. The summed E-state index contributed by atoms with van der Waals surface area (Å²) in [4.78, 5) is 13.8. The van der Waals surface area contributed by atoms with Crippen molar-refractivity contribution in [3.63, 3.8) is 0 Å². The molecular formula is C20H30N2O2. The van der Waals surface area contributed by atoms with Crippen LogP contribution in [0, 0.1) is 5.41 Å². The topological polar surface area (TPSA) is 41.6 Å². The van der Waals surface area contributed by atoms with Gasteiger partial charge in [-0.3, -0.25) is 4.79 Å². The first-order chi connectivity index (χ1) is 11.5. The number of carbonyl (C=O) groups is 1. The van der Waals surface area contributed by atoms with Gasteiger partial charge < -0.3 is 15.0 Å². The summed E-state index contributed by atoms with van der Waals surface area (Å²) in [5, 5.41) is 2.96. The standard InChI is InChI=1S/C20H30N2O2/c1-19(2,9-8-17-6-4-3-5-7-17)16-22-12-10-20(11-13-22)15-21-18(23)14-24-20/h3-7H,8-16H2,1-2H3,(H,21,23). The molecule has 0 aliphatic carbocycles. The number of nitrogens with one attached hydrogen (secondary N) is 1. The Balaban J connectivity index is 1.45. The molecule has 2 heterocycles. The summed E-state index contributed by atoms with van der Waals surface area (Å²) >= 11 is 0. The molecule has 2 aliphatic heterocycles. The number of benzene rings is 1. The van der Waals surface area contributed by atoms with Crippen molar-refractivity contribution in [1.82, 2.24) is 10.2 Å². The first-order valence-electron chi connectivity index (χ1n) is 9.13. The smallest absolute Gasteiger partial charge is 0.246 e. The molecule has 1 amide bonds. The lowest BCUT2D eigenvalue weighted by Crippen LogP contribution is -2.57. The maximum Gasteiger partial charge on any atom is 0.246 e. The number of carbonyl (C=O) groups excluding carboxylic acids is 1. The molecule has 2 fully saturated rings. The minimum atomic E-state index is -0.113. The SMILES string of the molecule is CC(C)(CCc1ccccc1)CN1CCC2(CC1)CNC(=O)CO2. The molecule has 0 radical (unpaired) electrons. The maximum atomic E-state index is 11.3. The fourth-order valence-electron chi connectivity index (χ4n) is 3.83. The minimum absolute atomic E-state index is 0.0186. The number of amides is 1. The van der Waals surface area contributed by atoms with Gasteiger partial charge in [0.25, 0.3) is 0 Å². The molecule has 0 unspecified atom stereocenters. The molecule has 1 aromatic carbocycles. The third kappa shape index (κ3) is 4.58. The highest BCUT2D eigenvalue weighted by atomic mass is 16.5. The van der Waals surface area contributed by atoms with Gasteiger partial charge in [0.2, 0.25) is 5.91 Å². The Hall–Kier alpha value is -1.39. The molecule has 3 rings (SSSR count). The summed E-state index contributed by atoms with van der Waals surface area (Å²) in [6, 6.07) is 10.8. The zero-order valence-corrected chi connectivity index (χ0v) is 15.0. The molecule has 2 aliphatic rings. The van der Waals surface area contributed by atoms with Gasteiger partial charge in [-0.1, -0.05) is 44.2 Å². The van der Waals surface area contributed by atoms with Crippen LogP contribution in [0.5, 0.6) is 0 Å². The molecule has 4 heteroatoms. The number of rotatable bonds is 5. The molecule has 1 aromatic rings. The summed E-state index contributed by atoms with van der Waals surface area (Å²) in [6.07, 6.45) is 4.37. The quantitative estimate of drug-likeness (QED) is 0.902. The van der Waals surface area contributed by atoms with E-state index in [9.17, 15) is 4.79 Å². The van der Waals surface area contributed by atoms with Gasteiger partial charge in [-0.2, -0.15) is 0 Å². The van der Waals surface area contributed by atoms with Crippen LogP contribution in [0.15, 0.2) is 30.3 Å². The molecular weight excluding hydrogens is 300 g/mol. The van der Waals surface area contributed by atoms with E-state index in [2.05, 4.69) is 54.4 Å². The van der Waals surface area contributed by atoms with E-state index in [-0.39, 0.29) is 18.1 Å². The third-order valence-electron chi connectivity index (χ3n) is 5.47. The zero-order valence-electron chi connectivity index (χ0n) is 15.0. The average molecular weight is 330 g/mol. The van der Waals surface area contributed by atoms with Crippen molar-refractivity contribution >= 4 is 5.91 Å². The highest BCUT2D eigenvalue weighted by Gasteiger charge is 2.39. The van der Waals surface area contributed by atoms with E-state index in [1.165, 1.54) is 12.0 Å². The summed E-state index contributed by atoms with van der Waals surface area (Å²) in [6.45, 7) is 8.90. The number of aryl methyl sites for hydroxylation is 1. The van der Waals surface area contributed by atoms with Gasteiger partial charge in [0.15, 0.2) is 0 Å². The minimum Gasteiger partial charge on any atom is -0.363 e. The second-order valence-electron chi connectivity index (χ2n) is 8.17. The fraction of sp³-hybridized carbons (Fsp3) is 0.650. The van der Waals surface area contributed by atoms with E-state index in [4.69, 9.17) is 4.74 Å². The highest BCUT2D eigenvalue weighted by Crippen LogP contribution is 2.31. The largest absolute Gasteiger partial charge is 0.363 e. The zero-order chi connectivity index (χ0) is 17.0. The lowest BCUT2D eigenvalue weighted by atomic mass is 9.83. The summed E-state index contributed by atoms with van der Waals surface area (Å²) in [5.74, 6) is 0.0186. The molecule has 132 valence electrons. The average Bonchev–Trinajstić information content (AvgIpc) is 2.59. The monoisotopic (exact) mass is 330 g/mol. The second kappa shape index (κ2) is 7.24. The first-order valence-corrected chi connectivity index (χ1v) is 9.13. The van der Waals surface area contributed by atoms with Crippen LogP contribution in [0.25, 0.3) is 0 Å². The molecule has 4 nitrogen and oxygen atoms in total. The van der Waals surface area contributed by atoms with E-state index in [0.29, 0.717) is 12.0 Å². The molecule has 0 saturated carbocycles. The van der Waals surface area contributed by atoms with E-state index in [1.54, 1.807) is 0 Å². The molecule has 24 heavy (non-hydrogen) atoms. The number of likely N-dealkylation sites (tertiary alicyclic amines) is 1. The van der Waals surface area contributed by atoms with Crippen LogP contribution in [-0.2, 0) is 16.0 Å². The lowest BCUT2D eigenvalue weighted by Gasteiger charge is -2.45. The Bertz CT molecular complexity index is 536. The van der Waals surface area contributed by atoms with Crippen molar-refractivity contribution in [2.75, 3.05) is 32.8 Å². The van der Waals surface area contributed by atoms with Crippen LogP contribution < -0.4 is 5.32 Å². The van der Waals surface area contributed by atoms with Crippen LogP contribution in [0.3, 0.4) is 0 Å². The Labute approximate surface area is 145 Å². The van der Waals surface area contributed by atoms with Gasteiger partial charge in [0.1, 0.15) is 6.61 Å². The van der Waals surface area contributed by atoms with Crippen molar-refractivity contribution in [3.8, 4) is 0 Å². The molecule has 2 saturated heterocycles. The number of ether oxygens (including phenoxy) is 1. The fourth-order valence-corrected chi connectivity index (χ4v) is 3.83. The van der Waals surface area contributed by atoms with E-state index in [1.807, 2.05) is 0 Å². The summed E-state index contributed by atoms with van der Waals surface area (Å²) < 4.78 is 5.86. The molecule has 1 N–H and O–H groups in total. The van der Waals surface area contributed by atoms with Crippen molar-refractivity contribution in [2.24, 2.45) is 5.41 Å². The van der Waals surface area contributed by atoms with Gasteiger partial charge in [-0.25, -0.2) is 0 Å². The number of nitrogens with zero attached hydrogens (tertiary/aromatic N) is 1. The number of morpholine rings is 1. The first kappa shape index (κ1) is 17.4. The molecule has 0 bridgehead atoms. The summed E-state index contributed by atoms with van der Waals surface area (Å²) in [5.41, 5.74) is 1.62. The van der Waals surface area contributed by atoms with Crippen molar-refractivity contribution in [3.05, 3.63) is 35.9 Å². The Morgan fingerprint density at radius 2 is 1.92 bits per heavy atom. The van der Waals surface area contributed by atoms with E-state index in [0.717, 1.165) is 38.9 Å². The molecule has 1 spiro atoms. The van der Waals surface area contributed by atoms with Crippen molar-refractivity contribution in [1.29, 1.82) is 0 Å². The van der Waals surface area contributed by atoms with Crippen molar-refractivity contribution < 1.29 is 9.53 Å². The number of piperidine rings is 1. The number of hydrogen-bond acceptors (Lipinski definition) is 3. The van der Waals surface area contributed by atoms with Crippen LogP contribution in [0.2, 0.25) is 0 Å². The third-order valence-corrected chi connectivity index (χ3v) is 5.47. The van der Waals surface area contributed by atoms with E-state index >= 15 is 0 Å². The molecule has 0 aromatic heterocycles. The van der Waals surface area contributed by atoms with Crippen molar-refractivity contribution in [2.45, 2.75) is 45.1 Å². The van der Waals surface area contributed by atoms with Crippen LogP contribution >= 0.6 is 0 Å². The van der Waals surface area contributed by atoms with Crippen LogP contribution in [0.1, 0.15) is 38.7 Å². The van der Waals surface area contributed by atoms with Gasteiger partial charge in [0.05, 0.1) is 5.60 Å². The predicted molar refractivity (Wildman–Crippen MR) is 95.9 cm³/mol. The normalized spacial score (nSPS) is 21.7. The lowest BCUT2D eigenvalue weighted by molar-refractivity contribution is -0.150. The summed E-state index contributed by atoms with van der Waals surface area (Å²) in [7, 11) is 0. The van der Waals surface area contributed by atoms with Gasteiger partial charge in [-0.15, -0.1) is 0 Å². The van der Waals surface area contributed by atoms with Gasteiger partial charge in [0, 0.05) is 26.2 Å². The Morgan fingerprint density at radius 1 is 1.21 bits per heavy atom. The number of hydrogen-bond donors (Lipinski definition) is 1. The van der Waals surface area contributed by atoms with Crippen LogP contribution in [-0.4, -0.2) is 49.2 Å². The molecule has 0 atom stereocenters. The predicted octanol–water partition coefficient (Wildman–Crippen LogP) is 2.63. The maximum absolute atomic E-state index is 11.3. The van der Waals surface area contributed by atoms with E-state index < -0.39 is 0 Å².